The van der Waals surface area contributed by atoms with E-state index in [-0.39, 0.29) is 11.3 Å². The second-order valence-corrected chi connectivity index (χ2v) is 3.62. The third kappa shape index (κ3) is 2.47. The third-order valence-corrected chi connectivity index (χ3v) is 2.45. The topological polar surface area (TPSA) is 29.5 Å². The van der Waals surface area contributed by atoms with Gasteiger partial charge in [-0.15, -0.1) is 0 Å². The summed E-state index contributed by atoms with van der Waals surface area (Å²) >= 11 is 0. The zero-order valence-corrected chi connectivity index (χ0v) is 9.22. The average Bonchev–Trinajstić information content (AvgIpc) is 2.19. The van der Waals surface area contributed by atoms with Gasteiger partial charge in [-0.3, -0.25) is 0 Å². The predicted octanol–water partition coefficient (Wildman–Crippen LogP) is 2.91. The van der Waals surface area contributed by atoms with Gasteiger partial charge in [-0.2, -0.15) is 13.2 Å². The van der Waals surface area contributed by atoms with Crippen LogP contribution in [0.15, 0.2) is 12.1 Å². The van der Waals surface area contributed by atoms with E-state index in [4.69, 9.17) is 4.74 Å². The van der Waals surface area contributed by atoms with Gasteiger partial charge in [-0.25, -0.2) is 0 Å². The fraction of sp³-hybridized carbons (Fsp3) is 0.455. The van der Waals surface area contributed by atoms with E-state index in [1.165, 1.54) is 19.2 Å². The molecular formula is C11H13F3O2. The van der Waals surface area contributed by atoms with Crippen molar-refractivity contribution in [2.45, 2.75) is 26.1 Å². The van der Waals surface area contributed by atoms with Gasteiger partial charge in [0.25, 0.3) is 0 Å². The molecule has 0 spiro atoms. The van der Waals surface area contributed by atoms with Crippen molar-refractivity contribution in [3.05, 3.63) is 28.8 Å². The maximum atomic E-state index is 12.4. The van der Waals surface area contributed by atoms with Crippen molar-refractivity contribution in [3.8, 4) is 5.75 Å². The molecule has 0 radical (unpaired) electrons. The van der Waals surface area contributed by atoms with E-state index in [1.54, 1.807) is 13.8 Å². The summed E-state index contributed by atoms with van der Waals surface area (Å²) in [5.74, 6) is 0.0490. The molecule has 0 aliphatic carbocycles. The van der Waals surface area contributed by atoms with Crippen LogP contribution in [-0.2, 0) is 0 Å². The molecule has 16 heavy (non-hydrogen) atoms. The number of ether oxygens (including phenoxy) is 1. The molecule has 1 N–H and O–H groups in total. The highest BCUT2D eigenvalue weighted by Gasteiger charge is 2.41. The molecule has 0 aliphatic rings. The first-order chi connectivity index (χ1) is 7.27. The molecular weight excluding hydrogens is 221 g/mol. The highest BCUT2D eigenvalue weighted by atomic mass is 19.4. The van der Waals surface area contributed by atoms with Crippen molar-refractivity contribution >= 4 is 0 Å². The van der Waals surface area contributed by atoms with Crippen LogP contribution < -0.4 is 4.74 Å². The van der Waals surface area contributed by atoms with E-state index in [0.29, 0.717) is 5.56 Å². The van der Waals surface area contributed by atoms with Crippen LogP contribution in [0.4, 0.5) is 13.2 Å². The van der Waals surface area contributed by atoms with Crippen molar-refractivity contribution in [2.24, 2.45) is 0 Å². The molecule has 0 saturated heterocycles. The fourth-order valence-corrected chi connectivity index (χ4v) is 1.38. The number of aliphatic hydroxyl groups excluding tert-OH is 1. The van der Waals surface area contributed by atoms with Crippen molar-refractivity contribution in [2.75, 3.05) is 7.11 Å². The summed E-state index contributed by atoms with van der Waals surface area (Å²) in [5, 5.41) is 9.18. The van der Waals surface area contributed by atoms with E-state index in [0.717, 1.165) is 5.56 Å². The van der Waals surface area contributed by atoms with E-state index in [9.17, 15) is 18.3 Å². The number of methoxy groups -OCH3 is 1. The van der Waals surface area contributed by atoms with Gasteiger partial charge in [0, 0.05) is 5.56 Å². The molecule has 0 aromatic heterocycles. The van der Waals surface area contributed by atoms with Crippen molar-refractivity contribution < 1.29 is 23.0 Å². The molecule has 5 heteroatoms. The standard InChI is InChI=1S/C11H13F3O2/c1-6-4-8(10(15)11(12,13)14)9(16-3)5-7(6)2/h4-5,10,15H,1-3H3/t10-/m0/s1. The van der Waals surface area contributed by atoms with E-state index >= 15 is 0 Å². The summed E-state index contributed by atoms with van der Waals surface area (Å²) in [7, 11) is 1.27. The van der Waals surface area contributed by atoms with Crippen LogP contribution in [0.3, 0.4) is 0 Å². The number of aliphatic hydroxyl groups is 1. The average molecular weight is 234 g/mol. The lowest BCUT2D eigenvalue weighted by Crippen LogP contribution is -2.21. The van der Waals surface area contributed by atoms with Crippen LogP contribution in [0.5, 0.6) is 5.75 Å². The number of aryl methyl sites for hydroxylation is 2. The molecule has 0 aliphatic heterocycles. The van der Waals surface area contributed by atoms with E-state index in [1.807, 2.05) is 0 Å². The summed E-state index contributed by atoms with van der Waals surface area (Å²) in [6.45, 7) is 3.45. The molecule has 0 heterocycles. The Morgan fingerprint density at radius 2 is 1.69 bits per heavy atom. The highest BCUT2D eigenvalue weighted by molar-refractivity contribution is 5.43. The lowest BCUT2D eigenvalue weighted by atomic mass is 10.0. The first-order valence-corrected chi connectivity index (χ1v) is 4.67. The third-order valence-electron chi connectivity index (χ3n) is 2.45. The molecule has 1 rings (SSSR count). The zero-order chi connectivity index (χ0) is 12.5. The van der Waals surface area contributed by atoms with Crippen LogP contribution in [0.25, 0.3) is 0 Å². The van der Waals surface area contributed by atoms with Gasteiger partial charge in [0.1, 0.15) is 5.75 Å². The fourth-order valence-electron chi connectivity index (χ4n) is 1.38. The lowest BCUT2D eigenvalue weighted by Gasteiger charge is -2.19. The molecule has 0 amide bonds. The molecule has 1 aromatic rings. The monoisotopic (exact) mass is 234 g/mol. The molecule has 1 aromatic carbocycles. The predicted molar refractivity (Wildman–Crippen MR) is 53.5 cm³/mol. The van der Waals surface area contributed by atoms with Crippen molar-refractivity contribution in [3.63, 3.8) is 0 Å². The minimum atomic E-state index is -4.69. The molecule has 2 nitrogen and oxygen atoms in total. The Morgan fingerprint density at radius 1 is 1.19 bits per heavy atom. The maximum absolute atomic E-state index is 12.4. The van der Waals surface area contributed by atoms with Gasteiger partial charge in [-0.05, 0) is 37.1 Å². The quantitative estimate of drug-likeness (QED) is 0.852. The van der Waals surface area contributed by atoms with Gasteiger partial charge in [0.15, 0.2) is 6.10 Å². The Balaban J connectivity index is 3.27. The van der Waals surface area contributed by atoms with Gasteiger partial charge in [0.2, 0.25) is 0 Å². The molecule has 90 valence electrons. The highest BCUT2D eigenvalue weighted by Crippen LogP contribution is 2.38. The number of alkyl halides is 3. The van der Waals surface area contributed by atoms with Crippen LogP contribution in [0.1, 0.15) is 22.8 Å². The normalized spacial score (nSPS) is 13.7. The SMILES string of the molecule is COc1cc(C)c(C)cc1[C@H](O)C(F)(F)F. The Kier molecular flexibility index (Phi) is 3.48. The summed E-state index contributed by atoms with van der Waals surface area (Å²) in [6, 6.07) is 2.78. The molecule has 1 atom stereocenters. The van der Waals surface area contributed by atoms with Crippen LogP contribution in [0, 0.1) is 13.8 Å². The first kappa shape index (κ1) is 12.8. The van der Waals surface area contributed by atoms with Gasteiger partial charge >= 0.3 is 6.18 Å². The van der Waals surface area contributed by atoms with Crippen LogP contribution >= 0.6 is 0 Å². The van der Waals surface area contributed by atoms with Crippen molar-refractivity contribution in [1.29, 1.82) is 0 Å². The summed E-state index contributed by atoms with van der Waals surface area (Å²) < 4.78 is 42.0. The number of hydrogen-bond acceptors (Lipinski definition) is 2. The largest absolute Gasteiger partial charge is 0.496 e. The second kappa shape index (κ2) is 4.33. The number of halogens is 3. The molecule has 0 bridgehead atoms. The number of rotatable bonds is 2. The minimum absolute atomic E-state index is 0.0490. The Bertz CT molecular complexity index is 386. The Labute approximate surface area is 91.7 Å². The summed E-state index contributed by atoms with van der Waals surface area (Å²) in [5.41, 5.74) is 1.24. The van der Waals surface area contributed by atoms with Gasteiger partial charge < -0.3 is 9.84 Å². The smallest absolute Gasteiger partial charge is 0.418 e. The zero-order valence-electron chi connectivity index (χ0n) is 9.22. The first-order valence-electron chi connectivity index (χ1n) is 4.67. The van der Waals surface area contributed by atoms with Crippen molar-refractivity contribution in [1.82, 2.24) is 0 Å². The van der Waals surface area contributed by atoms with Gasteiger partial charge in [0.05, 0.1) is 7.11 Å². The second-order valence-electron chi connectivity index (χ2n) is 3.62. The summed E-state index contributed by atoms with van der Waals surface area (Å²) in [4.78, 5) is 0. The van der Waals surface area contributed by atoms with Crippen LogP contribution in [-0.4, -0.2) is 18.4 Å². The Morgan fingerprint density at radius 3 is 2.12 bits per heavy atom. The van der Waals surface area contributed by atoms with Gasteiger partial charge in [-0.1, -0.05) is 0 Å². The minimum Gasteiger partial charge on any atom is -0.496 e. The van der Waals surface area contributed by atoms with Crippen LogP contribution in [0.2, 0.25) is 0 Å². The molecule has 0 saturated carbocycles. The van der Waals surface area contributed by atoms with E-state index in [2.05, 4.69) is 0 Å². The Hall–Kier alpha value is -1.23. The molecule has 0 unspecified atom stereocenters. The number of benzene rings is 1. The number of hydrogen-bond donors (Lipinski definition) is 1. The maximum Gasteiger partial charge on any atom is 0.418 e. The summed E-state index contributed by atoms with van der Waals surface area (Å²) in [6.07, 6.45) is -7.20. The lowest BCUT2D eigenvalue weighted by molar-refractivity contribution is -0.207. The van der Waals surface area contributed by atoms with E-state index < -0.39 is 12.3 Å². The molecule has 0 fully saturated rings.